The van der Waals surface area contributed by atoms with E-state index in [9.17, 15) is 48.6 Å². The number of allylic oxidation sites excluding steroid dienone is 6. The summed E-state index contributed by atoms with van der Waals surface area (Å²) in [4.78, 5) is 117. The number of fused-ring (bicyclic) bond motifs is 11. The average molecular weight is 1470 g/mol. The molecule has 15 unspecified atom stereocenters. The lowest BCUT2D eigenvalue weighted by Gasteiger charge is -2.59. The van der Waals surface area contributed by atoms with Gasteiger partial charge in [-0.3, -0.25) is 29.8 Å². The lowest BCUT2D eigenvalue weighted by atomic mass is 9.72. The summed E-state index contributed by atoms with van der Waals surface area (Å²) in [6.45, 7) is 13.6. The first-order valence-corrected chi connectivity index (χ1v) is 36.2. The molecule has 2 aromatic carbocycles. The van der Waals surface area contributed by atoms with Crippen LogP contribution >= 0.6 is 44.8 Å². The fourth-order valence-electron chi connectivity index (χ4n) is 13.5. The number of aliphatic hydroxyl groups is 2. The summed E-state index contributed by atoms with van der Waals surface area (Å²) in [5.41, 5.74) is -3.86. The standard InChI is InChI=1S/C70H94Cl2N6O20S2/c1-38-19-17-21-50(91-15)69(87)35-49(93-64(85)73-69)40(3)61-68(8,97-61)53(34-58(82)78(12)46-30-44(27-38)32-48(90-14)60(46)72)95-63(84)42(5)76(10)56(80)24-26-100-99-25-23-55(79)75(9)41(4)62(83)94-52-33-57(81)77(11)45-29-43(31-47(89-13)59(45)71)28-39(2)20-18-22-51(92-16)70(88)36-54(96-65(86)74-70)67(7)37-66(52,6)98-67/h17-22,29-32,40-42,49-54,61,87-88H,23-28,33-37H2,1-16H3,(H,73,85)(H,74,86)/b21-17+,22-18+,38-19+,39-20+. The molecule has 2 aromatic rings. The number of esters is 2. The largest absolute Gasteiger partial charge is 0.495 e. The van der Waals surface area contributed by atoms with Crippen molar-refractivity contribution in [2.45, 2.75) is 196 Å². The molecule has 4 saturated heterocycles. The third kappa shape index (κ3) is 17.7. The van der Waals surface area contributed by atoms with Crippen LogP contribution in [0.4, 0.5) is 21.0 Å². The van der Waals surface area contributed by atoms with E-state index in [0.717, 1.165) is 22.3 Å². The molecule has 30 heteroatoms. The van der Waals surface area contributed by atoms with Crippen molar-refractivity contribution in [2.24, 2.45) is 5.92 Å². The van der Waals surface area contributed by atoms with Crippen molar-refractivity contribution >= 4 is 104 Å². The van der Waals surface area contributed by atoms with Gasteiger partial charge in [-0.1, -0.05) is 99.3 Å². The van der Waals surface area contributed by atoms with Crippen LogP contribution < -0.4 is 29.9 Å². The summed E-state index contributed by atoms with van der Waals surface area (Å²) < 4.78 is 59.5. The Balaban J connectivity index is 0.887. The van der Waals surface area contributed by atoms with E-state index in [1.54, 1.807) is 83.3 Å². The van der Waals surface area contributed by atoms with E-state index in [4.69, 9.17) is 70.6 Å². The second-order valence-electron chi connectivity index (χ2n) is 27.2. The summed E-state index contributed by atoms with van der Waals surface area (Å²) in [5.74, 6) is -2.91. The molecule has 4 N–H and O–H groups in total. The zero-order valence-corrected chi connectivity index (χ0v) is 62.6. The lowest BCUT2D eigenvalue weighted by molar-refractivity contribution is -0.328. The number of halogens is 2. The number of likely N-dealkylation sites (N-methyl/N-ethyl adjacent to an activating group) is 2. The second kappa shape index (κ2) is 32.4. The van der Waals surface area contributed by atoms with Gasteiger partial charge in [-0.2, -0.15) is 0 Å². The van der Waals surface area contributed by atoms with E-state index in [1.165, 1.54) is 105 Å². The summed E-state index contributed by atoms with van der Waals surface area (Å²) in [5, 5.41) is 29.3. The van der Waals surface area contributed by atoms with Gasteiger partial charge in [0.2, 0.25) is 23.6 Å². The average Bonchev–Trinajstić information content (AvgIpc) is 0.949. The SMILES string of the molecule is COc1cc2cc(c1Cl)N(C)C(=O)CC(OC(=O)C(C)N(C)C(=O)CCSSCCC(=O)N(C)C(C)C(=O)OC1CC(=O)N(C)c3cc(cc(OC)c3Cl)C/C(C)=C/C=C/C(OC)C3(O)CC(OC(=O)N3)C(C)C3OC13C)C1(C)CC(C)(O1)C1CC(O)(NC(=O)O1)C(OC)/C=C/C=C(\C)C2. The number of carbonyl (C=O) groups is 8. The predicted molar refractivity (Wildman–Crippen MR) is 376 cm³/mol. The molecular formula is C70H94Cl2N6O20S2. The van der Waals surface area contributed by atoms with Gasteiger partial charge in [0, 0.05) is 91.9 Å². The molecule has 0 radical (unpaired) electrons. The molecule has 4 fully saturated rings. The number of ether oxygens (including phenoxy) is 10. The summed E-state index contributed by atoms with van der Waals surface area (Å²) in [6.07, 6.45) is 1.01. The summed E-state index contributed by atoms with van der Waals surface area (Å²) >= 11 is 13.7. The quantitative estimate of drug-likeness (QED) is 0.0380. The molecule has 7 aliphatic heterocycles. The maximum absolute atomic E-state index is 14.5. The maximum Gasteiger partial charge on any atom is 0.409 e. The highest BCUT2D eigenvalue weighted by atomic mass is 35.5. The van der Waals surface area contributed by atoms with E-state index in [1.807, 2.05) is 26.0 Å². The Labute approximate surface area is 601 Å². The monoisotopic (exact) mass is 1470 g/mol. The van der Waals surface area contributed by atoms with Crippen LogP contribution in [0, 0.1) is 5.92 Å². The Kier molecular flexibility index (Phi) is 25.6. The molecule has 0 aliphatic carbocycles. The van der Waals surface area contributed by atoms with Crippen LogP contribution in [0.5, 0.6) is 11.5 Å². The summed E-state index contributed by atoms with van der Waals surface area (Å²) in [6, 6.07) is 4.74. The molecule has 10 bridgehead atoms. The molecule has 0 spiro atoms. The Hall–Kier alpha value is -6.60. The van der Waals surface area contributed by atoms with Crippen molar-refractivity contribution < 1.29 is 95.9 Å². The molecule has 0 saturated carbocycles. The van der Waals surface area contributed by atoms with Gasteiger partial charge in [0.25, 0.3) is 0 Å². The van der Waals surface area contributed by atoms with E-state index in [-0.39, 0.29) is 53.7 Å². The number of alkyl carbamates (subject to hydrolysis) is 2. The molecule has 550 valence electrons. The van der Waals surface area contributed by atoms with Crippen LogP contribution in [0.2, 0.25) is 10.0 Å². The topological polar surface area (TPSA) is 310 Å². The van der Waals surface area contributed by atoms with Gasteiger partial charge in [-0.05, 0) is 96.7 Å². The number of rotatable bonds is 17. The van der Waals surface area contributed by atoms with E-state index >= 15 is 0 Å². The van der Waals surface area contributed by atoms with Crippen LogP contribution in [0.1, 0.15) is 111 Å². The molecule has 26 nitrogen and oxygen atoms in total. The van der Waals surface area contributed by atoms with Crippen molar-refractivity contribution in [1.82, 2.24) is 20.4 Å². The minimum absolute atomic E-state index is 0.0153. The minimum Gasteiger partial charge on any atom is -0.495 e. The van der Waals surface area contributed by atoms with E-state index in [2.05, 4.69) is 10.6 Å². The van der Waals surface area contributed by atoms with Gasteiger partial charge >= 0.3 is 24.1 Å². The van der Waals surface area contributed by atoms with Crippen molar-refractivity contribution in [1.29, 1.82) is 0 Å². The molecule has 7 aliphatic rings. The third-order valence-electron chi connectivity index (χ3n) is 19.8. The highest BCUT2D eigenvalue weighted by molar-refractivity contribution is 8.76. The number of methoxy groups -OCH3 is 4. The molecule has 15 atom stereocenters. The van der Waals surface area contributed by atoms with Crippen molar-refractivity contribution in [3.8, 4) is 11.5 Å². The number of benzene rings is 2. The Morgan fingerprint density at radius 2 is 1.11 bits per heavy atom. The van der Waals surface area contributed by atoms with Gasteiger partial charge in [-0.25, -0.2) is 19.2 Å². The number of anilines is 2. The van der Waals surface area contributed by atoms with Crippen molar-refractivity contribution in [3.63, 3.8) is 0 Å². The predicted octanol–water partition coefficient (Wildman–Crippen LogP) is 8.35. The maximum atomic E-state index is 14.5. The van der Waals surface area contributed by atoms with E-state index in [0.29, 0.717) is 35.7 Å². The highest BCUT2D eigenvalue weighted by Crippen LogP contribution is 2.52. The van der Waals surface area contributed by atoms with Crippen molar-refractivity contribution in [2.75, 3.05) is 77.9 Å². The number of nitrogens with zero attached hydrogens (tertiary/aromatic N) is 4. The van der Waals surface area contributed by atoms with Crippen molar-refractivity contribution in [3.05, 3.63) is 93.0 Å². The van der Waals surface area contributed by atoms with Crippen LogP contribution in [0.3, 0.4) is 0 Å². The molecule has 7 heterocycles. The number of amides is 6. The van der Waals surface area contributed by atoms with E-state index < -0.39 is 150 Å². The Morgan fingerprint density at radius 3 is 1.56 bits per heavy atom. The Bertz CT molecular complexity index is 3440. The van der Waals surface area contributed by atoms with Crippen LogP contribution in [-0.2, 0) is 79.5 Å². The number of hydrogen-bond donors (Lipinski definition) is 4. The van der Waals surface area contributed by atoms with Crippen LogP contribution in [0.25, 0.3) is 0 Å². The highest BCUT2D eigenvalue weighted by Gasteiger charge is 2.66. The fraction of sp³-hybridized carbons (Fsp3) is 0.600. The first-order chi connectivity index (χ1) is 47.0. The number of epoxide rings is 1. The van der Waals surface area contributed by atoms with Gasteiger partial charge in [0.1, 0.15) is 87.1 Å². The second-order valence-corrected chi connectivity index (χ2v) is 30.7. The van der Waals surface area contributed by atoms with Crippen LogP contribution in [0.15, 0.2) is 71.9 Å². The smallest absolute Gasteiger partial charge is 0.409 e. The molecule has 100 heavy (non-hydrogen) atoms. The molecule has 9 rings (SSSR count). The minimum atomic E-state index is -1.93. The summed E-state index contributed by atoms with van der Waals surface area (Å²) in [7, 11) is 14.4. The van der Waals surface area contributed by atoms with Crippen LogP contribution in [-0.4, -0.2) is 219 Å². The molecule has 0 aromatic heterocycles. The first-order valence-electron chi connectivity index (χ1n) is 32.9. The third-order valence-corrected chi connectivity index (χ3v) is 23.0. The number of hydrogen-bond acceptors (Lipinski definition) is 22. The van der Waals surface area contributed by atoms with Gasteiger partial charge < -0.3 is 77.2 Å². The first kappa shape index (κ1) is 79.1. The number of nitrogens with one attached hydrogen (secondary N) is 2. The van der Waals surface area contributed by atoms with Gasteiger partial charge in [-0.15, -0.1) is 0 Å². The van der Waals surface area contributed by atoms with Gasteiger partial charge in [0.05, 0.1) is 44.5 Å². The lowest BCUT2D eigenvalue weighted by Crippen LogP contribution is -2.72. The normalized spacial score (nSPS) is 32.5. The van der Waals surface area contributed by atoms with Gasteiger partial charge in [0.15, 0.2) is 11.4 Å². The zero-order chi connectivity index (χ0) is 73.7. The Morgan fingerprint density at radius 1 is 0.680 bits per heavy atom. The molecular weight excluding hydrogens is 1380 g/mol. The number of carbonyl (C=O) groups excluding carboxylic acids is 8. The fourth-order valence-corrected chi connectivity index (χ4v) is 16.0. The zero-order valence-electron chi connectivity index (χ0n) is 59.4. The molecule has 6 amide bonds.